The van der Waals surface area contributed by atoms with E-state index in [0.29, 0.717) is 17.9 Å². The summed E-state index contributed by atoms with van der Waals surface area (Å²) in [5.41, 5.74) is 0.840. The van der Waals surface area contributed by atoms with Crippen LogP contribution in [0.15, 0.2) is 18.2 Å². The van der Waals surface area contributed by atoms with Gasteiger partial charge in [-0.3, -0.25) is 9.59 Å². The van der Waals surface area contributed by atoms with E-state index in [1.165, 1.54) is 21.3 Å². The van der Waals surface area contributed by atoms with Crippen LogP contribution >= 0.6 is 0 Å². The molecule has 6 heteroatoms. The lowest BCUT2D eigenvalue weighted by Crippen LogP contribution is -2.22. The van der Waals surface area contributed by atoms with Gasteiger partial charge in [0.25, 0.3) is 0 Å². The van der Waals surface area contributed by atoms with Crippen LogP contribution < -0.4 is 9.47 Å². The normalized spacial score (nSPS) is 11.4. The molecule has 0 aromatic heterocycles. The van der Waals surface area contributed by atoms with Crippen molar-refractivity contribution >= 4 is 11.9 Å². The molecule has 0 aliphatic rings. The highest BCUT2D eigenvalue weighted by molar-refractivity contribution is 5.80. The van der Waals surface area contributed by atoms with Gasteiger partial charge in [-0.25, -0.2) is 0 Å². The predicted octanol–water partition coefficient (Wildman–Crippen LogP) is 1.60. The van der Waals surface area contributed by atoms with Crippen molar-refractivity contribution in [3.05, 3.63) is 23.8 Å². The Bertz CT molecular complexity index is 497. The number of benzene rings is 1. The summed E-state index contributed by atoms with van der Waals surface area (Å²) in [6, 6.07) is 5.33. The summed E-state index contributed by atoms with van der Waals surface area (Å²) in [5, 5.41) is 0. The molecule has 0 aliphatic carbocycles. The first-order chi connectivity index (χ1) is 10.0. The second-order valence-electron chi connectivity index (χ2n) is 4.39. The van der Waals surface area contributed by atoms with Crippen molar-refractivity contribution in [1.82, 2.24) is 0 Å². The van der Waals surface area contributed by atoms with Gasteiger partial charge >= 0.3 is 11.9 Å². The zero-order valence-electron chi connectivity index (χ0n) is 12.7. The minimum atomic E-state index is -0.597. The van der Waals surface area contributed by atoms with Gasteiger partial charge in [-0.1, -0.05) is 6.07 Å². The summed E-state index contributed by atoms with van der Waals surface area (Å²) in [5.74, 6) is -0.331. The van der Waals surface area contributed by atoms with E-state index in [9.17, 15) is 9.59 Å². The van der Waals surface area contributed by atoms with Crippen LogP contribution in [0.4, 0.5) is 0 Å². The SMILES string of the molecule is COC(=O)C[C@H](Cc1ccc(OC)c(OC)c1)C(=O)OC. The quantitative estimate of drug-likeness (QED) is 0.712. The average molecular weight is 296 g/mol. The Kier molecular flexibility index (Phi) is 6.52. The molecule has 0 saturated carbocycles. The topological polar surface area (TPSA) is 71.1 Å². The standard InChI is InChI=1S/C15H20O6/c1-18-12-6-5-10(8-13(12)19-2)7-11(15(17)21-4)9-14(16)20-3/h5-6,8,11H,7,9H2,1-4H3/t11-/m0/s1. The van der Waals surface area contributed by atoms with Gasteiger partial charge in [0.1, 0.15) is 0 Å². The molecule has 0 unspecified atom stereocenters. The van der Waals surface area contributed by atoms with E-state index < -0.39 is 17.9 Å². The van der Waals surface area contributed by atoms with Gasteiger partial charge in [0.05, 0.1) is 40.8 Å². The third-order valence-electron chi connectivity index (χ3n) is 3.11. The Morgan fingerprint density at radius 3 is 2.19 bits per heavy atom. The second kappa shape index (κ2) is 8.14. The van der Waals surface area contributed by atoms with E-state index in [4.69, 9.17) is 14.2 Å². The van der Waals surface area contributed by atoms with Crippen LogP contribution in [0.1, 0.15) is 12.0 Å². The van der Waals surface area contributed by atoms with Gasteiger partial charge in [0, 0.05) is 0 Å². The van der Waals surface area contributed by atoms with Crippen LogP contribution in [-0.2, 0) is 25.5 Å². The van der Waals surface area contributed by atoms with Gasteiger partial charge in [0.2, 0.25) is 0 Å². The van der Waals surface area contributed by atoms with Crippen LogP contribution in [0.5, 0.6) is 11.5 Å². The lowest BCUT2D eigenvalue weighted by atomic mass is 9.96. The van der Waals surface area contributed by atoms with Crippen molar-refractivity contribution in [2.75, 3.05) is 28.4 Å². The van der Waals surface area contributed by atoms with Crippen LogP contribution in [0, 0.1) is 5.92 Å². The molecule has 0 radical (unpaired) electrons. The molecule has 0 amide bonds. The molecule has 0 aliphatic heterocycles. The molecular weight excluding hydrogens is 276 g/mol. The predicted molar refractivity (Wildman–Crippen MR) is 75.4 cm³/mol. The lowest BCUT2D eigenvalue weighted by Gasteiger charge is -2.15. The van der Waals surface area contributed by atoms with E-state index in [0.717, 1.165) is 5.56 Å². The Morgan fingerprint density at radius 1 is 1.00 bits per heavy atom. The summed E-state index contributed by atoms with van der Waals surface area (Å²) in [4.78, 5) is 23.1. The highest BCUT2D eigenvalue weighted by Gasteiger charge is 2.24. The van der Waals surface area contributed by atoms with E-state index in [2.05, 4.69) is 4.74 Å². The smallest absolute Gasteiger partial charge is 0.309 e. The number of rotatable bonds is 7. The van der Waals surface area contributed by atoms with Crippen LogP contribution in [0.25, 0.3) is 0 Å². The average Bonchev–Trinajstić information content (AvgIpc) is 2.52. The first-order valence-electron chi connectivity index (χ1n) is 6.41. The number of ether oxygens (including phenoxy) is 4. The Balaban J connectivity index is 2.92. The fourth-order valence-electron chi connectivity index (χ4n) is 1.98. The minimum Gasteiger partial charge on any atom is -0.493 e. The minimum absolute atomic E-state index is 0.0302. The summed E-state index contributed by atoms with van der Waals surface area (Å²) in [7, 11) is 5.66. The van der Waals surface area contributed by atoms with Gasteiger partial charge in [-0.2, -0.15) is 0 Å². The lowest BCUT2D eigenvalue weighted by molar-refractivity contribution is -0.151. The van der Waals surface area contributed by atoms with Crippen LogP contribution in [0.2, 0.25) is 0 Å². The third-order valence-corrected chi connectivity index (χ3v) is 3.11. The van der Waals surface area contributed by atoms with Crippen LogP contribution in [0.3, 0.4) is 0 Å². The molecule has 1 aromatic rings. The third kappa shape index (κ3) is 4.66. The van der Waals surface area contributed by atoms with Gasteiger partial charge in [-0.15, -0.1) is 0 Å². The molecule has 1 rings (SSSR count). The first-order valence-corrected chi connectivity index (χ1v) is 6.41. The second-order valence-corrected chi connectivity index (χ2v) is 4.39. The molecule has 0 heterocycles. The fourth-order valence-corrected chi connectivity index (χ4v) is 1.98. The molecule has 0 saturated heterocycles. The Morgan fingerprint density at radius 2 is 1.67 bits per heavy atom. The van der Waals surface area contributed by atoms with Crippen LogP contribution in [-0.4, -0.2) is 40.4 Å². The molecular formula is C15H20O6. The first kappa shape index (κ1) is 16.8. The molecule has 6 nitrogen and oxygen atoms in total. The zero-order valence-corrected chi connectivity index (χ0v) is 12.7. The summed E-state index contributed by atoms with van der Waals surface area (Å²) in [6.45, 7) is 0. The van der Waals surface area contributed by atoms with Crippen molar-refractivity contribution in [2.24, 2.45) is 5.92 Å². The Labute approximate surface area is 123 Å². The van der Waals surface area contributed by atoms with Crippen molar-refractivity contribution in [2.45, 2.75) is 12.8 Å². The van der Waals surface area contributed by atoms with Gasteiger partial charge < -0.3 is 18.9 Å². The zero-order chi connectivity index (χ0) is 15.8. The van der Waals surface area contributed by atoms with Crippen molar-refractivity contribution in [1.29, 1.82) is 0 Å². The number of hydrogen-bond acceptors (Lipinski definition) is 6. The van der Waals surface area contributed by atoms with E-state index in [-0.39, 0.29) is 6.42 Å². The highest BCUT2D eigenvalue weighted by Crippen LogP contribution is 2.29. The van der Waals surface area contributed by atoms with Crippen molar-refractivity contribution < 1.29 is 28.5 Å². The largest absolute Gasteiger partial charge is 0.493 e. The number of esters is 2. The molecule has 1 aromatic carbocycles. The number of methoxy groups -OCH3 is 4. The maximum Gasteiger partial charge on any atom is 0.309 e. The molecule has 0 spiro atoms. The maximum atomic E-state index is 11.8. The van der Waals surface area contributed by atoms with E-state index >= 15 is 0 Å². The van der Waals surface area contributed by atoms with Gasteiger partial charge in [0.15, 0.2) is 11.5 Å². The Hall–Kier alpha value is -2.24. The van der Waals surface area contributed by atoms with Crippen molar-refractivity contribution in [3.63, 3.8) is 0 Å². The molecule has 0 bridgehead atoms. The summed E-state index contributed by atoms with van der Waals surface area (Å²) < 4.78 is 19.7. The number of carbonyl (C=O) groups excluding carboxylic acids is 2. The molecule has 116 valence electrons. The van der Waals surface area contributed by atoms with E-state index in [1.54, 1.807) is 19.2 Å². The monoisotopic (exact) mass is 296 g/mol. The van der Waals surface area contributed by atoms with Crippen molar-refractivity contribution in [3.8, 4) is 11.5 Å². The number of carbonyl (C=O) groups is 2. The number of hydrogen-bond donors (Lipinski definition) is 0. The summed E-state index contributed by atoms with van der Waals surface area (Å²) in [6.07, 6.45) is 0.319. The molecule has 0 fully saturated rings. The maximum absolute atomic E-state index is 11.8. The molecule has 21 heavy (non-hydrogen) atoms. The fraction of sp³-hybridized carbons (Fsp3) is 0.467. The van der Waals surface area contributed by atoms with Gasteiger partial charge in [-0.05, 0) is 24.1 Å². The molecule has 1 atom stereocenters. The molecule has 0 N–H and O–H groups in total. The summed E-state index contributed by atoms with van der Waals surface area (Å²) >= 11 is 0. The highest BCUT2D eigenvalue weighted by atomic mass is 16.5. The van der Waals surface area contributed by atoms with E-state index in [1.807, 2.05) is 6.07 Å².